The molecule has 3 nitrogen and oxygen atoms in total. The molecule has 0 aliphatic carbocycles. The van der Waals surface area contributed by atoms with Gasteiger partial charge in [-0.05, 0) is 24.0 Å². The lowest BCUT2D eigenvalue weighted by Gasteiger charge is -2.03. The number of nitrogens with one attached hydrogen (secondary N) is 1. The summed E-state index contributed by atoms with van der Waals surface area (Å²) in [4.78, 5) is 11.7. The first kappa shape index (κ1) is 11.1. The summed E-state index contributed by atoms with van der Waals surface area (Å²) >= 11 is 1.71. The van der Waals surface area contributed by atoms with E-state index >= 15 is 0 Å². The smallest absolute Gasteiger partial charge is 0.231 e. The molecule has 1 aromatic rings. The zero-order valence-corrected chi connectivity index (χ0v) is 8.93. The zero-order valence-electron chi connectivity index (χ0n) is 8.12. The normalized spacial score (nSPS) is 10.1. The fraction of sp³-hybridized carbons (Fsp3) is 0.300. The Morgan fingerprint density at radius 3 is 2.57 bits per heavy atom. The molecule has 76 valence electrons. The minimum atomic E-state index is -0.328. The van der Waals surface area contributed by atoms with Gasteiger partial charge in [-0.25, -0.2) is 0 Å². The molecule has 1 rings (SSSR count). The Balaban J connectivity index is 2.40. The van der Waals surface area contributed by atoms with E-state index in [1.807, 2.05) is 18.4 Å². The molecule has 0 saturated carbocycles. The minimum absolute atomic E-state index is 0.226. The quantitative estimate of drug-likeness (QED) is 0.712. The van der Waals surface area contributed by atoms with Gasteiger partial charge in [0.15, 0.2) is 0 Å². The number of carbonyl (C=O) groups is 1. The average Bonchev–Trinajstić information content (AvgIpc) is 2.18. The van der Waals surface area contributed by atoms with Gasteiger partial charge in [-0.2, -0.15) is 0 Å². The van der Waals surface area contributed by atoms with Crippen molar-refractivity contribution in [1.82, 2.24) is 5.32 Å². The molecule has 0 aliphatic rings. The van der Waals surface area contributed by atoms with Gasteiger partial charge < -0.3 is 11.1 Å². The molecule has 0 unspecified atom stereocenters. The second-order valence-corrected chi connectivity index (χ2v) is 3.80. The van der Waals surface area contributed by atoms with Crippen LogP contribution in [0.4, 0.5) is 0 Å². The second-order valence-electron chi connectivity index (χ2n) is 2.92. The lowest BCUT2D eigenvalue weighted by atomic mass is 10.2. The van der Waals surface area contributed by atoms with Crippen molar-refractivity contribution in [1.29, 1.82) is 0 Å². The molecule has 4 heteroatoms. The first-order valence-corrected chi connectivity index (χ1v) is 5.57. The van der Waals surface area contributed by atoms with E-state index < -0.39 is 0 Å². The topological polar surface area (TPSA) is 55.1 Å². The van der Waals surface area contributed by atoms with Gasteiger partial charge in [-0.1, -0.05) is 12.1 Å². The van der Waals surface area contributed by atoms with Crippen LogP contribution in [0.3, 0.4) is 0 Å². The van der Waals surface area contributed by atoms with Gasteiger partial charge in [-0.3, -0.25) is 4.79 Å². The summed E-state index contributed by atoms with van der Waals surface area (Å²) in [5, 5.41) is 2.96. The number of thioether (sulfide) groups is 1. The number of benzene rings is 1. The fourth-order valence-electron chi connectivity index (χ4n) is 1.07. The summed E-state index contributed by atoms with van der Waals surface area (Å²) in [6.45, 7) is 0.905. The van der Waals surface area contributed by atoms with E-state index in [0.29, 0.717) is 6.54 Å². The number of nitrogens with two attached hydrogens (primary N) is 1. The van der Waals surface area contributed by atoms with E-state index in [4.69, 9.17) is 5.73 Å². The van der Waals surface area contributed by atoms with Gasteiger partial charge in [0.05, 0.1) is 6.54 Å². The molecule has 3 N–H and O–H groups in total. The Morgan fingerprint density at radius 1 is 1.43 bits per heavy atom. The van der Waals surface area contributed by atoms with Gasteiger partial charge in [0, 0.05) is 11.4 Å². The molecular weight excluding hydrogens is 196 g/mol. The van der Waals surface area contributed by atoms with Crippen LogP contribution in [0.5, 0.6) is 0 Å². The van der Waals surface area contributed by atoms with Crippen LogP contribution in [-0.4, -0.2) is 18.7 Å². The molecule has 14 heavy (non-hydrogen) atoms. The summed E-state index contributed by atoms with van der Waals surface area (Å²) in [5.41, 5.74) is 6.15. The van der Waals surface area contributed by atoms with Gasteiger partial charge in [0.25, 0.3) is 0 Å². The van der Waals surface area contributed by atoms with Gasteiger partial charge in [-0.15, -0.1) is 11.8 Å². The van der Waals surface area contributed by atoms with Crippen molar-refractivity contribution < 1.29 is 4.79 Å². The first-order valence-electron chi connectivity index (χ1n) is 4.34. The zero-order chi connectivity index (χ0) is 10.4. The molecule has 0 radical (unpaired) electrons. The lowest BCUT2D eigenvalue weighted by molar-refractivity contribution is -0.117. The van der Waals surface area contributed by atoms with Crippen molar-refractivity contribution in [2.24, 2.45) is 5.73 Å². The predicted octanol–water partition coefficient (Wildman–Crippen LogP) is 0.983. The number of rotatable bonds is 5. The van der Waals surface area contributed by atoms with Crippen LogP contribution in [0.2, 0.25) is 0 Å². The van der Waals surface area contributed by atoms with Crippen molar-refractivity contribution in [3.8, 4) is 0 Å². The highest BCUT2D eigenvalue weighted by molar-refractivity contribution is 7.98. The maximum Gasteiger partial charge on any atom is 0.231 e. The third kappa shape index (κ3) is 3.81. The number of hydrogen-bond donors (Lipinski definition) is 2. The highest BCUT2D eigenvalue weighted by Gasteiger charge is 1.95. The minimum Gasteiger partial charge on any atom is -0.369 e. The Labute approximate surface area is 88.1 Å². The molecule has 0 bridgehead atoms. The molecule has 1 aromatic carbocycles. The lowest BCUT2D eigenvalue weighted by Crippen LogP contribution is -2.28. The summed E-state index contributed by atoms with van der Waals surface area (Å²) in [7, 11) is 0. The number of primary amides is 1. The van der Waals surface area contributed by atoms with Crippen molar-refractivity contribution in [3.05, 3.63) is 29.8 Å². The molecular formula is C10H14N2OS. The van der Waals surface area contributed by atoms with Crippen LogP contribution in [0, 0.1) is 0 Å². The fourth-order valence-corrected chi connectivity index (χ4v) is 1.48. The summed E-state index contributed by atoms with van der Waals surface area (Å²) in [6.07, 6.45) is 2.04. The SMILES string of the molecule is CSc1ccc(CNCC(N)=O)cc1. The summed E-state index contributed by atoms with van der Waals surface area (Å²) in [5.74, 6) is -0.328. The monoisotopic (exact) mass is 210 g/mol. The van der Waals surface area contributed by atoms with Crippen LogP contribution in [0.1, 0.15) is 5.56 Å². The largest absolute Gasteiger partial charge is 0.369 e. The van der Waals surface area contributed by atoms with Crippen molar-refractivity contribution in [2.45, 2.75) is 11.4 Å². The van der Waals surface area contributed by atoms with E-state index in [2.05, 4.69) is 17.4 Å². The van der Waals surface area contributed by atoms with E-state index in [9.17, 15) is 4.79 Å². The number of amides is 1. The Bertz CT molecular complexity index is 297. The molecule has 0 aromatic heterocycles. The molecule has 0 saturated heterocycles. The Hall–Kier alpha value is -1.00. The van der Waals surface area contributed by atoms with Crippen molar-refractivity contribution >= 4 is 17.7 Å². The number of carbonyl (C=O) groups excluding carboxylic acids is 1. The van der Waals surface area contributed by atoms with Crippen LogP contribution in [-0.2, 0) is 11.3 Å². The van der Waals surface area contributed by atoms with E-state index in [0.717, 1.165) is 5.56 Å². The standard InChI is InChI=1S/C10H14N2OS/c1-14-9-4-2-8(3-5-9)6-12-7-10(11)13/h2-5,12H,6-7H2,1H3,(H2,11,13). The third-order valence-electron chi connectivity index (χ3n) is 1.79. The van der Waals surface area contributed by atoms with Crippen LogP contribution >= 0.6 is 11.8 Å². The van der Waals surface area contributed by atoms with E-state index in [1.165, 1.54) is 4.90 Å². The first-order chi connectivity index (χ1) is 6.72. The van der Waals surface area contributed by atoms with E-state index in [-0.39, 0.29) is 12.5 Å². The highest BCUT2D eigenvalue weighted by atomic mass is 32.2. The van der Waals surface area contributed by atoms with Gasteiger partial charge >= 0.3 is 0 Å². The summed E-state index contributed by atoms with van der Waals surface area (Å²) in [6, 6.07) is 8.21. The average molecular weight is 210 g/mol. The highest BCUT2D eigenvalue weighted by Crippen LogP contribution is 2.14. The van der Waals surface area contributed by atoms with Crippen molar-refractivity contribution in [3.63, 3.8) is 0 Å². The van der Waals surface area contributed by atoms with Crippen LogP contribution in [0.25, 0.3) is 0 Å². The third-order valence-corrected chi connectivity index (χ3v) is 2.53. The van der Waals surface area contributed by atoms with E-state index in [1.54, 1.807) is 11.8 Å². The maximum atomic E-state index is 10.4. The van der Waals surface area contributed by atoms with Crippen molar-refractivity contribution in [2.75, 3.05) is 12.8 Å². The molecule has 0 spiro atoms. The molecule has 1 amide bonds. The number of hydrogen-bond acceptors (Lipinski definition) is 3. The molecule has 0 fully saturated rings. The Kier molecular flexibility index (Phi) is 4.49. The second kappa shape index (κ2) is 5.67. The Morgan fingerprint density at radius 2 is 2.07 bits per heavy atom. The van der Waals surface area contributed by atoms with Gasteiger partial charge in [0.2, 0.25) is 5.91 Å². The molecule has 0 atom stereocenters. The van der Waals surface area contributed by atoms with Crippen LogP contribution in [0.15, 0.2) is 29.2 Å². The predicted molar refractivity (Wildman–Crippen MR) is 59.1 cm³/mol. The van der Waals surface area contributed by atoms with Gasteiger partial charge in [0.1, 0.15) is 0 Å². The summed E-state index contributed by atoms with van der Waals surface area (Å²) < 4.78 is 0. The molecule has 0 heterocycles. The van der Waals surface area contributed by atoms with Crippen LogP contribution < -0.4 is 11.1 Å². The molecule has 0 aliphatic heterocycles. The maximum absolute atomic E-state index is 10.4.